The molecule has 7 nitrogen and oxygen atoms in total. The molecule has 1 fully saturated rings. The van der Waals surface area contributed by atoms with E-state index in [2.05, 4.69) is 5.16 Å². The van der Waals surface area contributed by atoms with E-state index >= 15 is 0 Å². The molecule has 0 N–H and O–H groups in total. The summed E-state index contributed by atoms with van der Waals surface area (Å²) in [5.74, 6) is 0.752. The Kier molecular flexibility index (Phi) is 7.07. The number of carbonyl (C=O) groups is 1. The molecule has 4 rings (SSSR count). The van der Waals surface area contributed by atoms with Crippen molar-refractivity contribution in [3.05, 3.63) is 59.7 Å². The first kappa shape index (κ1) is 22.7. The first-order valence-electron chi connectivity index (χ1n) is 10.7. The molecular weight excluding hydrogens is 446 g/mol. The molecule has 1 aromatic carbocycles. The third-order valence-electron chi connectivity index (χ3n) is 5.81. The van der Waals surface area contributed by atoms with Crippen molar-refractivity contribution in [1.82, 2.24) is 14.4 Å². The number of sulfonamides is 1. The van der Waals surface area contributed by atoms with E-state index in [1.807, 2.05) is 43.4 Å². The summed E-state index contributed by atoms with van der Waals surface area (Å²) < 4.78 is 32.6. The number of hydrogen-bond donors (Lipinski definition) is 0. The quantitative estimate of drug-likeness (QED) is 0.496. The maximum Gasteiger partial charge on any atom is 0.252 e. The van der Waals surface area contributed by atoms with Crippen LogP contribution < -0.4 is 0 Å². The highest BCUT2D eigenvalue weighted by atomic mass is 32.2. The van der Waals surface area contributed by atoms with Gasteiger partial charge in [-0.3, -0.25) is 4.79 Å². The lowest BCUT2D eigenvalue weighted by Gasteiger charge is -2.32. The van der Waals surface area contributed by atoms with Gasteiger partial charge in [-0.2, -0.15) is 4.31 Å². The monoisotopic (exact) mass is 473 g/mol. The minimum absolute atomic E-state index is 0.0840. The topological polar surface area (TPSA) is 83.7 Å². The van der Waals surface area contributed by atoms with Crippen LogP contribution in [0.25, 0.3) is 11.3 Å². The van der Waals surface area contributed by atoms with Gasteiger partial charge in [0.15, 0.2) is 0 Å². The van der Waals surface area contributed by atoms with Gasteiger partial charge in [0.25, 0.3) is 10.0 Å². The lowest BCUT2D eigenvalue weighted by atomic mass is 9.96. The van der Waals surface area contributed by atoms with Gasteiger partial charge < -0.3 is 9.42 Å². The molecule has 2 aromatic heterocycles. The van der Waals surface area contributed by atoms with Gasteiger partial charge in [-0.1, -0.05) is 41.6 Å². The summed E-state index contributed by atoms with van der Waals surface area (Å²) in [6, 6.07) is 15.2. The number of thiophene rings is 1. The zero-order valence-electron chi connectivity index (χ0n) is 18.0. The Morgan fingerprint density at radius 3 is 2.62 bits per heavy atom. The lowest BCUT2D eigenvalue weighted by molar-refractivity contribution is -0.135. The standard InChI is InChI=1S/C23H27N3O4S2/c1-25(13-5-9-20-17-21(24-30-20)18-7-3-2-4-8-18)23(27)19-11-14-26(15-12-19)32(28,29)22-10-6-16-31-22/h2-4,6-8,10,16-17,19H,5,9,11-15H2,1H3. The van der Waals surface area contributed by atoms with E-state index < -0.39 is 10.0 Å². The number of benzene rings is 1. The molecule has 170 valence electrons. The SMILES string of the molecule is CN(CCCc1cc(-c2ccccc2)no1)C(=O)C1CCN(S(=O)(=O)c2cccs2)CC1. The Morgan fingerprint density at radius 1 is 1.19 bits per heavy atom. The van der Waals surface area contributed by atoms with Gasteiger partial charge in [0, 0.05) is 50.7 Å². The maximum absolute atomic E-state index is 12.8. The largest absolute Gasteiger partial charge is 0.361 e. The molecule has 32 heavy (non-hydrogen) atoms. The fourth-order valence-electron chi connectivity index (χ4n) is 3.97. The van der Waals surface area contributed by atoms with Crippen LogP contribution in [0.1, 0.15) is 25.0 Å². The van der Waals surface area contributed by atoms with Gasteiger partial charge in [0.2, 0.25) is 5.91 Å². The Morgan fingerprint density at radius 2 is 1.94 bits per heavy atom. The van der Waals surface area contributed by atoms with Gasteiger partial charge in [0.1, 0.15) is 15.7 Å². The van der Waals surface area contributed by atoms with E-state index in [0.717, 1.165) is 23.4 Å². The highest BCUT2D eigenvalue weighted by Gasteiger charge is 2.33. The summed E-state index contributed by atoms with van der Waals surface area (Å²) in [4.78, 5) is 14.6. The van der Waals surface area contributed by atoms with Gasteiger partial charge >= 0.3 is 0 Å². The second kappa shape index (κ2) is 9.97. The van der Waals surface area contributed by atoms with Crippen molar-refractivity contribution in [2.24, 2.45) is 5.92 Å². The van der Waals surface area contributed by atoms with E-state index in [-0.39, 0.29) is 11.8 Å². The van der Waals surface area contributed by atoms with E-state index in [0.29, 0.717) is 43.1 Å². The Balaban J connectivity index is 1.23. The number of piperidine rings is 1. The van der Waals surface area contributed by atoms with E-state index in [1.54, 1.807) is 22.4 Å². The second-order valence-electron chi connectivity index (χ2n) is 8.02. The molecule has 0 unspecified atom stereocenters. The zero-order chi connectivity index (χ0) is 22.6. The third kappa shape index (κ3) is 5.11. The fourth-order valence-corrected chi connectivity index (χ4v) is 6.58. The number of aryl methyl sites for hydroxylation is 1. The average Bonchev–Trinajstić information content (AvgIpc) is 3.52. The predicted molar refractivity (Wildman–Crippen MR) is 124 cm³/mol. The van der Waals surface area contributed by atoms with Crippen molar-refractivity contribution < 1.29 is 17.7 Å². The van der Waals surface area contributed by atoms with Gasteiger partial charge in [-0.05, 0) is 30.7 Å². The highest BCUT2D eigenvalue weighted by Crippen LogP contribution is 2.27. The van der Waals surface area contributed by atoms with Crippen LogP contribution >= 0.6 is 11.3 Å². The molecule has 1 aliphatic rings. The summed E-state index contributed by atoms with van der Waals surface area (Å²) in [5, 5.41) is 5.89. The molecule has 1 saturated heterocycles. The molecule has 3 aromatic rings. The molecule has 1 aliphatic heterocycles. The van der Waals surface area contributed by atoms with Crippen molar-refractivity contribution in [1.29, 1.82) is 0 Å². The number of hydrogen-bond acceptors (Lipinski definition) is 6. The number of carbonyl (C=O) groups excluding carboxylic acids is 1. The molecule has 0 bridgehead atoms. The van der Waals surface area contributed by atoms with Crippen LogP contribution in [0, 0.1) is 5.92 Å². The molecule has 1 amide bonds. The second-order valence-corrected chi connectivity index (χ2v) is 11.1. The van der Waals surface area contributed by atoms with E-state index in [4.69, 9.17) is 4.52 Å². The first-order valence-corrected chi connectivity index (χ1v) is 13.1. The molecular formula is C23H27N3O4S2. The highest BCUT2D eigenvalue weighted by molar-refractivity contribution is 7.91. The van der Waals surface area contributed by atoms with Crippen LogP contribution in [0.3, 0.4) is 0 Å². The van der Waals surface area contributed by atoms with E-state index in [9.17, 15) is 13.2 Å². The van der Waals surface area contributed by atoms with Crippen molar-refractivity contribution in [3.63, 3.8) is 0 Å². The molecule has 0 radical (unpaired) electrons. The van der Waals surface area contributed by atoms with Crippen molar-refractivity contribution in [2.75, 3.05) is 26.7 Å². The fraction of sp³-hybridized carbons (Fsp3) is 0.391. The van der Waals surface area contributed by atoms with Crippen molar-refractivity contribution >= 4 is 27.3 Å². The van der Waals surface area contributed by atoms with Crippen LogP contribution in [-0.4, -0.2) is 55.4 Å². The third-order valence-corrected chi connectivity index (χ3v) is 9.09. The van der Waals surface area contributed by atoms with Crippen LogP contribution in [0.2, 0.25) is 0 Å². The predicted octanol–water partition coefficient (Wildman–Crippen LogP) is 3.90. The maximum atomic E-state index is 12.8. The molecule has 9 heteroatoms. The van der Waals surface area contributed by atoms with Crippen LogP contribution in [0.4, 0.5) is 0 Å². The van der Waals surface area contributed by atoms with E-state index in [1.165, 1.54) is 15.6 Å². The summed E-state index contributed by atoms with van der Waals surface area (Å²) in [7, 11) is -1.63. The normalized spacial score (nSPS) is 15.7. The molecule has 0 atom stereocenters. The summed E-state index contributed by atoms with van der Waals surface area (Å²) in [6.07, 6.45) is 2.58. The van der Waals surface area contributed by atoms with Crippen molar-refractivity contribution in [2.45, 2.75) is 29.9 Å². The molecule has 0 spiro atoms. The Hall–Kier alpha value is -2.49. The van der Waals surface area contributed by atoms with Gasteiger partial charge in [-0.15, -0.1) is 11.3 Å². The summed E-state index contributed by atoms with van der Waals surface area (Å²) in [5.41, 5.74) is 1.83. The van der Waals surface area contributed by atoms with Gasteiger partial charge in [-0.25, -0.2) is 8.42 Å². The van der Waals surface area contributed by atoms with Crippen LogP contribution in [0.5, 0.6) is 0 Å². The van der Waals surface area contributed by atoms with Crippen LogP contribution in [-0.2, 0) is 21.2 Å². The number of aromatic nitrogens is 1. The Bertz CT molecular complexity index is 1120. The summed E-state index contributed by atoms with van der Waals surface area (Å²) >= 11 is 1.23. The Labute approximate surface area is 192 Å². The molecule has 0 aliphatic carbocycles. The zero-order valence-corrected chi connectivity index (χ0v) is 19.6. The van der Waals surface area contributed by atoms with Crippen molar-refractivity contribution in [3.8, 4) is 11.3 Å². The minimum atomic E-state index is -3.44. The number of amides is 1. The van der Waals surface area contributed by atoms with Crippen LogP contribution in [0.15, 0.2) is 62.6 Å². The number of rotatable bonds is 8. The minimum Gasteiger partial charge on any atom is -0.361 e. The molecule has 0 saturated carbocycles. The first-order chi connectivity index (χ1) is 15.4. The molecule has 3 heterocycles. The number of nitrogens with zero attached hydrogens (tertiary/aromatic N) is 3. The smallest absolute Gasteiger partial charge is 0.252 e. The van der Waals surface area contributed by atoms with Gasteiger partial charge in [0.05, 0.1) is 0 Å². The lowest BCUT2D eigenvalue weighted by Crippen LogP contribution is -2.43. The average molecular weight is 474 g/mol. The summed E-state index contributed by atoms with van der Waals surface area (Å²) in [6.45, 7) is 1.38.